The second-order valence-electron chi connectivity index (χ2n) is 4.05. The van der Waals surface area contributed by atoms with E-state index in [1.54, 1.807) is 0 Å². The van der Waals surface area contributed by atoms with Gasteiger partial charge in [-0.05, 0) is 39.7 Å². The molecule has 4 heteroatoms. The van der Waals surface area contributed by atoms with Crippen molar-refractivity contribution in [2.24, 2.45) is 0 Å². The zero-order valence-electron chi connectivity index (χ0n) is 9.81. The number of nitrogen functional groups attached to an aromatic ring is 1. The molecule has 0 aromatic heterocycles. The topological polar surface area (TPSA) is 58.3 Å². The summed E-state index contributed by atoms with van der Waals surface area (Å²) >= 11 is 3.43. The molecule has 0 fully saturated rings. The summed E-state index contributed by atoms with van der Waals surface area (Å²) in [6.07, 6.45) is -0.532. The molecule has 0 aliphatic rings. The molecule has 0 heterocycles. The van der Waals surface area contributed by atoms with Crippen LogP contribution in [0.1, 0.15) is 11.7 Å². The van der Waals surface area contributed by atoms with Crippen LogP contribution in [-0.4, -0.2) is 11.7 Å². The molecule has 0 radical (unpaired) electrons. The molecule has 18 heavy (non-hydrogen) atoms. The fourth-order valence-electron chi connectivity index (χ4n) is 1.67. The van der Waals surface area contributed by atoms with E-state index < -0.39 is 6.10 Å². The van der Waals surface area contributed by atoms with Gasteiger partial charge in [0.2, 0.25) is 0 Å². The molecule has 0 saturated carbocycles. The summed E-state index contributed by atoms with van der Waals surface area (Å²) < 4.78 is 0.891. The van der Waals surface area contributed by atoms with Crippen molar-refractivity contribution in [3.8, 4) is 0 Å². The zero-order valence-corrected chi connectivity index (χ0v) is 11.4. The Morgan fingerprint density at radius 3 is 2.56 bits per heavy atom. The van der Waals surface area contributed by atoms with E-state index in [0.717, 1.165) is 15.7 Å². The van der Waals surface area contributed by atoms with Crippen LogP contribution < -0.4 is 11.1 Å². The molecule has 0 amide bonds. The number of hydrogen-bond donors (Lipinski definition) is 3. The number of rotatable bonds is 4. The van der Waals surface area contributed by atoms with Gasteiger partial charge in [-0.3, -0.25) is 0 Å². The third-order valence-electron chi connectivity index (χ3n) is 2.66. The number of nitrogens with two attached hydrogens (primary N) is 1. The Morgan fingerprint density at radius 2 is 1.89 bits per heavy atom. The molecule has 0 spiro atoms. The summed E-state index contributed by atoms with van der Waals surface area (Å²) in [4.78, 5) is 0. The van der Waals surface area contributed by atoms with Gasteiger partial charge in [-0.1, -0.05) is 30.3 Å². The first-order valence-electron chi connectivity index (χ1n) is 5.69. The molecule has 1 unspecified atom stereocenters. The average molecular weight is 307 g/mol. The molecule has 0 aliphatic carbocycles. The van der Waals surface area contributed by atoms with Gasteiger partial charge in [-0.15, -0.1) is 0 Å². The molecular formula is C14H15BrN2O. The van der Waals surface area contributed by atoms with Gasteiger partial charge in [-0.25, -0.2) is 0 Å². The molecule has 4 N–H and O–H groups in total. The fraction of sp³-hybridized carbons (Fsp3) is 0.143. The van der Waals surface area contributed by atoms with Gasteiger partial charge < -0.3 is 16.2 Å². The lowest BCUT2D eigenvalue weighted by atomic mass is 10.1. The van der Waals surface area contributed by atoms with Crippen LogP contribution in [-0.2, 0) is 0 Å². The van der Waals surface area contributed by atoms with Gasteiger partial charge >= 0.3 is 0 Å². The number of nitrogens with one attached hydrogen (secondary N) is 1. The normalized spacial score (nSPS) is 12.1. The van der Waals surface area contributed by atoms with Gasteiger partial charge in [0.1, 0.15) is 0 Å². The average Bonchev–Trinajstić information content (AvgIpc) is 2.38. The molecule has 2 aromatic rings. The van der Waals surface area contributed by atoms with Crippen LogP contribution in [0.5, 0.6) is 0 Å². The number of anilines is 2. The highest BCUT2D eigenvalue weighted by molar-refractivity contribution is 9.10. The molecule has 2 rings (SSSR count). The van der Waals surface area contributed by atoms with Crippen LogP contribution >= 0.6 is 15.9 Å². The summed E-state index contributed by atoms with van der Waals surface area (Å²) in [6.45, 7) is 0.451. The van der Waals surface area contributed by atoms with E-state index >= 15 is 0 Å². The van der Waals surface area contributed by atoms with Gasteiger partial charge in [0, 0.05) is 22.4 Å². The minimum Gasteiger partial charge on any atom is -0.399 e. The van der Waals surface area contributed by atoms with Gasteiger partial charge in [-0.2, -0.15) is 0 Å². The summed E-state index contributed by atoms with van der Waals surface area (Å²) in [5.41, 5.74) is 8.19. The zero-order chi connectivity index (χ0) is 13.0. The maximum atomic E-state index is 10.0. The quantitative estimate of drug-likeness (QED) is 0.760. The van der Waals surface area contributed by atoms with E-state index in [2.05, 4.69) is 21.2 Å². The Balaban J connectivity index is 1.99. The monoisotopic (exact) mass is 306 g/mol. The summed E-state index contributed by atoms with van der Waals surface area (Å²) in [5, 5.41) is 13.2. The first kappa shape index (κ1) is 12.9. The van der Waals surface area contributed by atoms with Crippen molar-refractivity contribution in [3.05, 3.63) is 58.6 Å². The lowest BCUT2D eigenvalue weighted by Crippen LogP contribution is -2.12. The van der Waals surface area contributed by atoms with E-state index in [-0.39, 0.29) is 0 Å². The van der Waals surface area contributed by atoms with Crippen LogP contribution in [0.2, 0.25) is 0 Å². The number of benzene rings is 2. The van der Waals surface area contributed by atoms with Crippen molar-refractivity contribution in [2.75, 3.05) is 17.6 Å². The highest BCUT2D eigenvalue weighted by Crippen LogP contribution is 2.25. The van der Waals surface area contributed by atoms with Crippen molar-refractivity contribution in [1.82, 2.24) is 0 Å². The molecule has 1 atom stereocenters. The maximum Gasteiger partial charge on any atom is 0.0962 e. The van der Waals surface area contributed by atoms with Crippen molar-refractivity contribution >= 4 is 27.3 Å². The third-order valence-corrected chi connectivity index (χ3v) is 3.32. The summed E-state index contributed by atoms with van der Waals surface area (Å²) in [5.74, 6) is 0. The van der Waals surface area contributed by atoms with Crippen molar-refractivity contribution in [1.29, 1.82) is 0 Å². The third kappa shape index (κ3) is 3.24. The largest absolute Gasteiger partial charge is 0.399 e. The lowest BCUT2D eigenvalue weighted by molar-refractivity contribution is 0.191. The van der Waals surface area contributed by atoms with Crippen molar-refractivity contribution in [3.63, 3.8) is 0 Å². The van der Waals surface area contributed by atoms with Crippen LogP contribution in [0.15, 0.2) is 53.0 Å². The van der Waals surface area contributed by atoms with Crippen molar-refractivity contribution < 1.29 is 5.11 Å². The fourth-order valence-corrected chi connectivity index (χ4v) is 2.21. The Morgan fingerprint density at radius 1 is 1.17 bits per heavy atom. The minimum atomic E-state index is -0.532. The molecule has 94 valence electrons. The van der Waals surface area contributed by atoms with Gasteiger partial charge in [0.15, 0.2) is 0 Å². The van der Waals surface area contributed by atoms with Crippen molar-refractivity contribution in [2.45, 2.75) is 6.10 Å². The maximum absolute atomic E-state index is 10.0. The van der Waals surface area contributed by atoms with E-state index in [9.17, 15) is 5.11 Å². The van der Waals surface area contributed by atoms with Crippen LogP contribution in [0.4, 0.5) is 11.4 Å². The molecule has 0 bridgehead atoms. The molecule has 0 aliphatic heterocycles. The Hall–Kier alpha value is -1.52. The highest BCUT2D eigenvalue weighted by atomic mass is 79.9. The van der Waals surface area contributed by atoms with E-state index in [4.69, 9.17) is 5.73 Å². The lowest BCUT2D eigenvalue weighted by Gasteiger charge is -2.14. The van der Waals surface area contributed by atoms with Crippen LogP contribution in [0, 0.1) is 0 Å². The molecule has 0 saturated heterocycles. The first-order valence-corrected chi connectivity index (χ1v) is 6.48. The van der Waals surface area contributed by atoms with E-state index in [1.807, 2.05) is 48.5 Å². The predicted molar refractivity (Wildman–Crippen MR) is 78.4 cm³/mol. The molecule has 3 nitrogen and oxygen atoms in total. The van der Waals surface area contributed by atoms with E-state index in [0.29, 0.717) is 12.2 Å². The SMILES string of the molecule is Nc1ccc(NCC(O)c2ccccc2)c(Br)c1. The van der Waals surface area contributed by atoms with Crippen LogP contribution in [0.25, 0.3) is 0 Å². The second kappa shape index (κ2) is 5.89. The van der Waals surface area contributed by atoms with Crippen LogP contribution in [0.3, 0.4) is 0 Å². The number of hydrogen-bond acceptors (Lipinski definition) is 3. The van der Waals surface area contributed by atoms with Gasteiger partial charge in [0.25, 0.3) is 0 Å². The highest BCUT2D eigenvalue weighted by Gasteiger charge is 2.07. The summed E-state index contributed by atoms with van der Waals surface area (Å²) in [6, 6.07) is 15.1. The number of aliphatic hydroxyl groups is 1. The standard InChI is InChI=1S/C14H15BrN2O/c15-12-8-11(16)6-7-13(12)17-9-14(18)10-4-2-1-3-5-10/h1-8,14,17-18H,9,16H2. The first-order chi connectivity index (χ1) is 8.66. The summed E-state index contributed by atoms with van der Waals surface area (Å²) in [7, 11) is 0. The Kier molecular flexibility index (Phi) is 4.23. The predicted octanol–water partition coefficient (Wildman–Crippen LogP) is 3.18. The minimum absolute atomic E-state index is 0.451. The number of halogens is 1. The smallest absolute Gasteiger partial charge is 0.0962 e. The second-order valence-corrected chi connectivity index (χ2v) is 4.90. The Labute approximate surface area is 115 Å². The number of aliphatic hydroxyl groups excluding tert-OH is 1. The Bertz CT molecular complexity index is 516. The van der Waals surface area contributed by atoms with Gasteiger partial charge in [0.05, 0.1) is 6.10 Å². The molecule has 2 aromatic carbocycles. The van der Waals surface area contributed by atoms with E-state index in [1.165, 1.54) is 0 Å². The molecular weight excluding hydrogens is 292 g/mol.